The Morgan fingerprint density at radius 1 is 1.18 bits per heavy atom. The van der Waals surface area contributed by atoms with Gasteiger partial charge in [0.15, 0.2) is 5.82 Å². The Bertz CT molecular complexity index is 1290. The molecule has 0 saturated carbocycles. The number of aromatic nitrogens is 4. The third kappa shape index (κ3) is 3.92. The van der Waals surface area contributed by atoms with Crippen LogP contribution in [0, 0.1) is 11.6 Å². The fourth-order valence-electron chi connectivity index (χ4n) is 4.02. The van der Waals surface area contributed by atoms with Crippen LogP contribution < -0.4 is 10.6 Å². The number of amides is 2. The largest absolute Gasteiger partial charge is 0.379 e. The Balaban J connectivity index is 1.53. The van der Waals surface area contributed by atoms with Crippen LogP contribution in [0.3, 0.4) is 0 Å². The molecule has 1 aliphatic heterocycles. The van der Waals surface area contributed by atoms with Crippen LogP contribution in [-0.2, 0) is 11.3 Å². The van der Waals surface area contributed by atoms with Gasteiger partial charge in [-0.25, -0.2) is 18.6 Å². The number of primary amides is 1. The number of nitrogens with zero attached hydrogens (tertiary/aromatic N) is 5. The van der Waals surface area contributed by atoms with Crippen molar-refractivity contribution in [3.8, 4) is 5.82 Å². The van der Waals surface area contributed by atoms with E-state index < -0.39 is 23.4 Å². The van der Waals surface area contributed by atoms with E-state index in [4.69, 9.17) is 10.5 Å². The van der Waals surface area contributed by atoms with Crippen LogP contribution in [-0.4, -0.2) is 57.0 Å². The second kappa shape index (κ2) is 8.60. The quantitative estimate of drug-likeness (QED) is 0.483. The minimum absolute atomic E-state index is 0.0863. The SMILES string of the molecule is NC(=O)N(c1cn[nH]c1-n1cnc2cc(CN3CCOCC3)ccc21)c1c(F)cccc1F. The molecule has 3 heterocycles. The summed E-state index contributed by atoms with van der Waals surface area (Å²) in [5.41, 5.74) is 7.58. The van der Waals surface area contributed by atoms with Crippen LogP contribution in [0.25, 0.3) is 16.9 Å². The highest BCUT2D eigenvalue weighted by Crippen LogP contribution is 2.34. The van der Waals surface area contributed by atoms with Gasteiger partial charge in [-0.1, -0.05) is 12.1 Å². The van der Waals surface area contributed by atoms with Crippen molar-refractivity contribution in [2.45, 2.75) is 6.54 Å². The van der Waals surface area contributed by atoms with Crippen molar-refractivity contribution in [1.82, 2.24) is 24.6 Å². The molecule has 2 aromatic heterocycles. The third-order valence-corrected chi connectivity index (χ3v) is 5.58. The van der Waals surface area contributed by atoms with Crippen LogP contribution in [0.4, 0.5) is 25.0 Å². The van der Waals surface area contributed by atoms with Gasteiger partial charge in [-0.3, -0.25) is 19.5 Å². The zero-order valence-corrected chi connectivity index (χ0v) is 17.5. The Morgan fingerprint density at radius 3 is 2.67 bits per heavy atom. The molecule has 0 bridgehead atoms. The zero-order chi connectivity index (χ0) is 22.9. The summed E-state index contributed by atoms with van der Waals surface area (Å²) >= 11 is 0. The van der Waals surface area contributed by atoms with E-state index in [0.717, 1.165) is 66.5 Å². The second-order valence-corrected chi connectivity index (χ2v) is 7.67. The lowest BCUT2D eigenvalue weighted by Crippen LogP contribution is -2.35. The van der Waals surface area contributed by atoms with Crippen molar-refractivity contribution in [2.75, 3.05) is 31.2 Å². The molecule has 1 fully saturated rings. The fourth-order valence-corrected chi connectivity index (χ4v) is 4.02. The number of nitrogens with two attached hydrogens (primary N) is 1. The number of benzene rings is 2. The summed E-state index contributed by atoms with van der Waals surface area (Å²) in [6.07, 6.45) is 2.83. The molecule has 3 N–H and O–H groups in total. The van der Waals surface area contributed by atoms with Crippen LogP contribution >= 0.6 is 0 Å². The summed E-state index contributed by atoms with van der Waals surface area (Å²) < 4.78 is 36.0. The summed E-state index contributed by atoms with van der Waals surface area (Å²) in [4.78, 5) is 19.8. The van der Waals surface area contributed by atoms with Crippen LogP contribution in [0.2, 0.25) is 0 Å². The summed E-state index contributed by atoms with van der Waals surface area (Å²) in [5, 5.41) is 6.76. The average molecular weight is 453 g/mol. The Labute approximate surface area is 187 Å². The van der Waals surface area contributed by atoms with Crippen molar-refractivity contribution in [2.24, 2.45) is 5.73 Å². The topological polar surface area (TPSA) is 105 Å². The Morgan fingerprint density at radius 2 is 1.94 bits per heavy atom. The number of carbonyl (C=O) groups excluding carboxylic acids is 1. The van der Waals surface area contributed by atoms with Crippen molar-refractivity contribution in [3.05, 3.63) is 66.1 Å². The normalized spacial score (nSPS) is 14.6. The third-order valence-electron chi connectivity index (χ3n) is 5.58. The molecule has 2 aromatic carbocycles. The van der Waals surface area contributed by atoms with Crippen LogP contribution in [0.5, 0.6) is 0 Å². The number of rotatable bonds is 5. The number of fused-ring (bicyclic) bond motifs is 1. The first-order valence-electron chi connectivity index (χ1n) is 10.4. The van der Waals surface area contributed by atoms with Gasteiger partial charge < -0.3 is 10.5 Å². The maximum atomic E-state index is 14.5. The number of anilines is 2. The van der Waals surface area contributed by atoms with Crippen LogP contribution in [0.15, 0.2) is 48.9 Å². The molecule has 1 saturated heterocycles. The molecule has 5 rings (SSSR count). The molecular weight excluding hydrogens is 432 g/mol. The van der Waals surface area contributed by atoms with Crippen LogP contribution in [0.1, 0.15) is 5.56 Å². The molecule has 9 nitrogen and oxygen atoms in total. The van der Waals surface area contributed by atoms with Gasteiger partial charge in [-0.15, -0.1) is 0 Å². The lowest BCUT2D eigenvalue weighted by molar-refractivity contribution is 0.0342. The van der Waals surface area contributed by atoms with Gasteiger partial charge >= 0.3 is 6.03 Å². The summed E-state index contributed by atoms with van der Waals surface area (Å²) in [5.74, 6) is -1.56. The molecule has 11 heteroatoms. The molecule has 4 aromatic rings. The lowest BCUT2D eigenvalue weighted by Gasteiger charge is -2.26. The van der Waals surface area contributed by atoms with Crippen molar-refractivity contribution in [3.63, 3.8) is 0 Å². The van der Waals surface area contributed by atoms with Gasteiger partial charge in [0, 0.05) is 19.6 Å². The Hall–Kier alpha value is -3.83. The number of carbonyl (C=O) groups is 1. The second-order valence-electron chi connectivity index (χ2n) is 7.67. The first kappa shape index (κ1) is 21.0. The summed E-state index contributed by atoms with van der Waals surface area (Å²) in [7, 11) is 0. The van der Waals surface area contributed by atoms with E-state index >= 15 is 0 Å². The van der Waals surface area contributed by atoms with Crippen molar-refractivity contribution in [1.29, 1.82) is 0 Å². The molecule has 0 atom stereocenters. The maximum Gasteiger partial charge on any atom is 0.324 e. The van der Waals surface area contributed by atoms with Gasteiger partial charge in [0.1, 0.15) is 29.3 Å². The monoisotopic (exact) mass is 453 g/mol. The molecule has 0 unspecified atom stereocenters. The minimum Gasteiger partial charge on any atom is -0.379 e. The number of imidazole rings is 1. The van der Waals surface area contributed by atoms with Gasteiger partial charge in [-0.05, 0) is 29.8 Å². The van der Waals surface area contributed by atoms with E-state index in [9.17, 15) is 13.6 Å². The molecule has 170 valence electrons. The molecule has 0 spiro atoms. The highest BCUT2D eigenvalue weighted by molar-refractivity contribution is 6.00. The van der Waals surface area contributed by atoms with E-state index in [0.29, 0.717) is 5.82 Å². The lowest BCUT2D eigenvalue weighted by atomic mass is 10.2. The van der Waals surface area contributed by atoms with E-state index in [1.807, 2.05) is 18.2 Å². The number of hydrogen-bond donors (Lipinski definition) is 2. The van der Waals surface area contributed by atoms with E-state index in [1.54, 1.807) is 10.9 Å². The fraction of sp³-hybridized carbons (Fsp3) is 0.227. The number of halogens is 2. The number of para-hydroxylation sites is 1. The minimum atomic E-state index is -1.06. The first-order valence-corrected chi connectivity index (χ1v) is 10.4. The molecule has 0 aliphatic carbocycles. The number of aromatic amines is 1. The number of nitrogens with one attached hydrogen (secondary N) is 1. The highest BCUT2D eigenvalue weighted by Gasteiger charge is 2.27. The van der Waals surface area contributed by atoms with E-state index in [-0.39, 0.29) is 5.69 Å². The first-order chi connectivity index (χ1) is 16.0. The zero-order valence-electron chi connectivity index (χ0n) is 17.5. The standard InChI is InChI=1S/C22H21F2N7O2/c23-15-2-1-3-16(24)20(15)31(22(25)32)19-11-27-28-21(19)30-13-26-17-10-14(4-5-18(17)30)12-29-6-8-33-9-7-29/h1-5,10-11,13H,6-9,12H2,(H2,25,32)(H,27,28). The molecular formula is C22H21F2N7O2. The van der Waals surface area contributed by atoms with Gasteiger partial charge in [0.05, 0.1) is 30.4 Å². The maximum absolute atomic E-state index is 14.5. The number of urea groups is 1. The molecule has 1 aliphatic rings. The molecule has 33 heavy (non-hydrogen) atoms. The number of H-pyrrole nitrogens is 1. The van der Waals surface area contributed by atoms with Gasteiger partial charge in [-0.2, -0.15) is 5.10 Å². The number of ether oxygens (including phenoxy) is 1. The highest BCUT2D eigenvalue weighted by atomic mass is 19.1. The van der Waals surface area contributed by atoms with E-state index in [2.05, 4.69) is 20.1 Å². The number of hydrogen-bond acceptors (Lipinski definition) is 5. The molecule has 0 radical (unpaired) electrons. The van der Waals surface area contributed by atoms with Crippen molar-refractivity contribution < 1.29 is 18.3 Å². The van der Waals surface area contributed by atoms with Crippen molar-refractivity contribution >= 4 is 28.4 Å². The predicted molar refractivity (Wildman–Crippen MR) is 117 cm³/mol. The number of morpholine rings is 1. The Kier molecular flexibility index (Phi) is 5.48. The van der Waals surface area contributed by atoms with E-state index in [1.165, 1.54) is 12.3 Å². The summed E-state index contributed by atoms with van der Waals surface area (Å²) in [6, 6.07) is 8.14. The van der Waals surface area contributed by atoms with Gasteiger partial charge in [0.25, 0.3) is 0 Å². The average Bonchev–Trinajstić information content (AvgIpc) is 3.43. The predicted octanol–water partition coefficient (Wildman–Crippen LogP) is 3.08. The smallest absolute Gasteiger partial charge is 0.324 e. The van der Waals surface area contributed by atoms with Gasteiger partial charge in [0.2, 0.25) is 0 Å². The molecule has 2 amide bonds. The summed E-state index contributed by atoms with van der Waals surface area (Å²) in [6.45, 7) is 3.97.